The molecule has 2 rings (SSSR count). The highest BCUT2D eigenvalue weighted by Gasteiger charge is 2.06. The Balaban J connectivity index is 0.00000106. The number of phenols is 1. The van der Waals surface area contributed by atoms with Gasteiger partial charge in [0.15, 0.2) is 0 Å². The smallest absolute Gasteiger partial charge is 0.221 e. The number of benzene rings is 2. The number of unbranched alkanes of at least 4 members (excludes halogenated alkanes) is 12. The molecule has 0 amide bonds. The zero-order chi connectivity index (χ0) is 39.0. The fourth-order valence-electron chi connectivity index (χ4n) is 5.12. The normalized spacial score (nSPS) is 12.0. The van der Waals surface area contributed by atoms with E-state index in [9.17, 15) is 10.2 Å². The molecule has 0 fully saturated rings. The lowest BCUT2D eigenvalue weighted by Crippen LogP contribution is -2.23. The van der Waals surface area contributed by atoms with Crippen LogP contribution in [-0.4, -0.2) is 104 Å². The van der Waals surface area contributed by atoms with E-state index in [4.69, 9.17) is 39.0 Å². The van der Waals surface area contributed by atoms with Crippen LogP contribution in [0.1, 0.15) is 122 Å². The maximum atomic E-state index is 9.96. The number of rotatable bonds is 32. The second-order valence-corrected chi connectivity index (χ2v) is 13.3. The first-order valence-corrected chi connectivity index (χ1v) is 20.3. The van der Waals surface area contributed by atoms with Gasteiger partial charge in [-0.05, 0) is 61.9 Å². The molecule has 0 radical (unpaired) electrons. The van der Waals surface area contributed by atoms with Gasteiger partial charge in [0.1, 0.15) is 18.1 Å². The minimum absolute atomic E-state index is 0.0223. The minimum Gasteiger partial charge on any atom is -0.508 e. The fraction of sp³-hybridized carbons (Fsp3) is 0.721. The number of para-hydroxylation sites is 1. The highest BCUT2D eigenvalue weighted by atomic mass is 16.6. The van der Waals surface area contributed by atoms with Gasteiger partial charge in [0, 0.05) is 0 Å². The molecule has 0 aliphatic carbocycles. The number of aliphatic hydroxyl groups is 4. The van der Waals surface area contributed by atoms with Gasteiger partial charge in [0.05, 0.1) is 65.6 Å². The molecule has 0 bridgehead atoms. The molecule has 0 saturated heterocycles. The van der Waals surface area contributed by atoms with E-state index >= 15 is 0 Å². The Morgan fingerprint density at radius 1 is 0.547 bits per heavy atom. The van der Waals surface area contributed by atoms with Gasteiger partial charge in [-0.1, -0.05) is 121 Å². The Bertz CT molecular complexity index is 1000. The van der Waals surface area contributed by atoms with Crippen LogP contribution in [0.4, 0.5) is 0 Å². The summed E-state index contributed by atoms with van der Waals surface area (Å²) in [6.45, 7) is 8.99. The summed E-state index contributed by atoms with van der Waals surface area (Å²) in [7, 11) is 0. The molecule has 2 aromatic carbocycles. The van der Waals surface area contributed by atoms with Crippen molar-refractivity contribution in [3.63, 3.8) is 0 Å². The second-order valence-electron chi connectivity index (χ2n) is 13.3. The summed E-state index contributed by atoms with van der Waals surface area (Å²) < 4.78 is 26.6. The first-order valence-electron chi connectivity index (χ1n) is 20.3. The van der Waals surface area contributed by atoms with Crippen LogP contribution in [0.3, 0.4) is 0 Å². The number of phenolic OH excluding ortho intramolecular Hbond substituents is 1. The summed E-state index contributed by atoms with van der Waals surface area (Å²) in [6.07, 6.45) is 19.0. The second kappa shape index (κ2) is 39.4. The average Bonchev–Trinajstić information content (AvgIpc) is 3.16. The Morgan fingerprint density at radius 2 is 1.00 bits per heavy atom. The van der Waals surface area contributed by atoms with Crippen LogP contribution >= 0.6 is 0 Å². The van der Waals surface area contributed by atoms with Gasteiger partial charge in [0.25, 0.3) is 0 Å². The van der Waals surface area contributed by atoms with Crippen molar-refractivity contribution in [3.05, 3.63) is 59.7 Å². The van der Waals surface area contributed by atoms with Crippen molar-refractivity contribution in [1.82, 2.24) is 0 Å². The standard InChI is InChI=1S/C25H44O7.C15H24O.C3H8O2/c1-2-3-4-5-6-7-8-9-23-10-12-24(13-11-23)32-25(27)22-31-21-20-30-19-18-29-17-16-28-15-14-26;1-2-3-4-5-6-7-8-11-14-12-9-10-13-15(14)16;1-3(5)2-4/h10-13,25-27H,2-9,14-22H2,1H3;9-10,12-13,16H,2-8,11H2,1H3;3-5H,2H2,1H3. The number of hydrogen-bond acceptors (Lipinski definition) is 10. The summed E-state index contributed by atoms with van der Waals surface area (Å²) in [5.74, 6) is 1.09. The Morgan fingerprint density at radius 3 is 1.49 bits per heavy atom. The summed E-state index contributed by atoms with van der Waals surface area (Å²) in [5, 5.41) is 44.1. The molecule has 0 aliphatic rings. The van der Waals surface area contributed by atoms with Gasteiger partial charge in [-0.2, -0.15) is 0 Å². The largest absolute Gasteiger partial charge is 0.508 e. The molecule has 0 aromatic heterocycles. The number of aryl methyl sites for hydroxylation is 2. The Labute approximate surface area is 321 Å². The van der Waals surface area contributed by atoms with Crippen LogP contribution in [-0.2, 0) is 31.8 Å². The quantitative estimate of drug-likeness (QED) is 0.0371. The maximum absolute atomic E-state index is 9.96. The molecule has 5 N–H and O–H groups in total. The molecule has 0 heterocycles. The van der Waals surface area contributed by atoms with Gasteiger partial charge in [0.2, 0.25) is 6.29 Å². The Hall–Kier alpha value is -2.28. The molecule has 2 unspecified atom stereocenters. The maximum Gasteiger partial charge on any atom is 0.221 e. The SMILES string of the molecule is CC(O)CO.CCCCCCCCCc1ccc(OC(O)COCCOCCOCCOCCO)cc1.CCCCCCCCCc1ccccc1O. The molecular formula is C43H76O10. The number of ether oxygens (including phenoxy) is 5. The lowest BCUT2D eigenvalue weighted by atomic mass is 10.0. The highest BCUT2D eigenvalue weighted by Crippen LogP contribution is 2.19. The third-order valence-corrected chi connectivity index (χ3v) is 8.18. The molecule has 2 atom stereocenters. The predicted molar refractivity (Wildman–Crippen MR) is 214 cm³/mol. The number of aliphatic hydroxyl groups excluding tert-OH is 4. The first-order chi connectivity index (χ1) is 25.9. The summed E-state index contributed by atoms with van der Waals surface area (Å²) in [4.78, 5) is 0. The molecule has 308 valence electrons. The lowest BCUT2D eigenvalue weighted by molar-refractivity contribution is -0.0859. The molecule has 0 spiro atoms. The zero-order valence-corrected chi connectivity index (χ0v) is 33.4. The fourth-order valence-corrected chi connectivity index (χ4v) is 5.12. The monoisotopic (exact) mass is 753 g/mol. The molecule has 10 heteroatoms. The minimum atomic E-state index is -1.01. The van der Waals surface area contributed by atoms with E-state index in [2.05, 4.69) is 26.0 Å². The van der Waals surface area contributed by atoms with Gasteiger partial charge in [-0.3, -0.25) is 0 Å². The van der Waals surface area contributed by atoms with Crippen molar-refractivity contribution in [3.8, 4) is 11.5 Å². The molecular weight excluding hydrogens is 676 g/mol. The zero-order valence-electron chi connectivity index (χ0n) is 33.4. The molecule has 10 nitrogen and oxygen atoms in total. The van der Waals surface area contributed by atoms with Crippen LogP contribution in [0.25, 0.3) is 0 Å². The molecule has 0 aliphatic heterocycles. The van der Waals surface area contributed by atoms with Gasteiger partial charge >= 0.3 is 0 Å². The molecule has 0 saturated carbocycles. The number of aromatic hydroxyl groups is 1. The van der Waals surface area contributed by atoms with E-state index < -0.39 is 12.4 Å². The average molecular weight is 753 g/mol. The third-order valence-electron chi connectivity index (χ3n) is 8.18. The summed E-state index contributed by atoms with van der Waals surface area (Å²) in [6, 6.07) is 15.6. The Kier molecular flexibility index (Phi) is 37.7. The van der Waals surface area contributed by atoms with Gasteiger partial charge in [-0.25, -0.2) is 0 Å². The van der Waals surface area contributed by atoms with E-state index in [1.54, 1.807) is 6.07 Å². The predicted octanol–water partition coefficient (Wildman–Crippen LogP) is 7.78. The van der Waals surface area contributed by atoms with E-state index in [1.165, 1.54) is 102 Å². The van der Waals surface area contributed by atoms with Crippen molar-refractivity contribution < 1.29 is 49.2 Å². The van der Waals surface area contributed by atoms with Crippen molar-refractivity contribution >= 4 is 0 Å². The van der Waals surface area contributed by atoms with Crippen molar-refractivity contribution in [2.75, 3.05) is 66.1 Å². The van der Waals surface area contributed by atoms with E-state index in [1.807, 2.05) is 30.3 Å². The van der Waals surface area contributed by atoms with Crippen LogP contribution in [0.5, 0.6) is 11.5 Å². The van der Waals surface area contributed by atoms with Crippen LogP contribution in [0.15, 0.2) is 48.5 Å². The van der Waals surface area contributed by atoms with E-state index in [-0.39, 0.29) is 19.8 Å². The lowest BCUT2D eigenvalue weighted by Gasteiger charge is -2.14. The highest BCUT2D eigenvalue weighted by molar-refractivity contribution is 5.31. The van der Waals surface area contributed by atoms with Crippen LogP contribution in [0, 0.1) is 0 Å². The summed E-state index contributed by atoms with van der Waals surface area (Å²) in [5.41, 5.74) is 2.39. The van der Waals surface area contributed by atoms with Crippen LogP contribution < -0.4 is 4.74 Å². The van der Waals surface area contributed by atoms with Crippen molar-refractivity contribution in [2.24, 2.45) is 0 Å². The van der Waals surface area contributed by atoms with Crippen molar-refractivity contribution in [2.45, 2.75) is 136 Å². The first kappa shape index (κ1) is 50.7. The van der Waals surface area contributed by atoms with Crippen molar-refractivity contribution in [1.29, 1.82) is 0 Å². The molecule has 2 aromatic rings. The van der Waals surface area contributed by atoms with Crippen LogP contribution in [0.2, 0.25) is 0 Å². The number of hydrogen-bond donors (Lipinski definition) is 5. The third kappa shape index (κ3) is 35.2. The summed E-state index contributed by atoms with van der Waals surface area (Å²) >= 11 is 0. The molecule has 53 heavy (non-hydrogen) atoms. The topological polar surface area (TPSA) is 147 Å². The van der Waals surface area contributed by atoms with E-state index in [0.29, 0.717) is 57.7 Å². The van der Waals surface area contributed by atoms with Gasteiger partial charge in [-0.15, -0.1) is 0 Å². The van der Waals surface area contributed by atoms with Gasteiger partial charge < -0.3 is 49.2 Å². The van der Waals surface area contributed by atoms with E-state index in [0.717, 1.165) is 18.4 Å².